The van der Waals surface area contributed by atoms with Crippen LogP contribution >= 0.6 is 23.1 Å². The normalized spacial score (nSPS) is 10.7. The summed E-state index contributed by atoms with van der Waals surface area (Å²) in [6.07, 6.45) is 0. The number of hydrogen-bond acceptors (Lipinski definition) is 8. The second-order valence-electron chi connectivity index (χ2n) is 5.30. The van der Waals surface area contributed by atoms with Crippen molar-refractivity contribution in [3.05, 3.63) is 34.8 Å². The minimum Gasteiger partial charge on any atom is -0.494 e. The van der Waals surface area contributed by atoms with E-state index in [-0.39, 0.29) is 11.7 Å². The molecule has 1 N–H and O–H groups in total. The van der Waals surface area contributed by atoms with Crippen molar-refractivity contribution >= 4 is 34.1 Å². The molecule has 3 rings (SSSR count). The van der Waals surface area contributed by atoms with Crippen molar-refractivity contribution in [1.82, 2.24) is 25.2 Å². The van der Waals surface area contributed by atoms with Crippen molar-refractivity contribution in [3.63, 3.8) is 0 Å². The van der Waals surface area contributed by atoms with Gasteiger partial charge in [-0.1, -0.05) is 11.8 Å². The predicted octanol–water partition coefficient (Wildman–Crippen LogP) is 2.87. The zero-order valence-corrected chi connectivity index (χ0v) is 16.2. The number of rotatable bonds is 7. The molecule has 1 amide bonds. The number of anilines is 1. The molecule has 0 saturated heterocycles. The SMILES string of the molecule is CCOc1ccc(-n2nnnc2SCC(=O)Nc2nc(C)c(C)s2)cc1. The van der Waals surface area contributed by atoms with Gasteiger partial charge in [0, 0.05) is 4.88 Å². The van der Waals surface area contributed by atoms with Gasteiger partial charge in [0.1, 0.15) is 5.75 Å². The summed E-state index contributed by atoms with van der Waals surface area (Å²) in [7, 11) is 0. The third kappa shape index (κ3) is 4.38. The molecule has 136 valence electrons. The number of hydrogen-bond donors (Lipinski definition) is 1. The van der Waals surface area contributed by atoms with Gasteiger partial charge in [-0.3, -0.25) is 4.79 Å². The number of carbonyl (C=O) groups excluding carboxylic acids is 1. The molecule has 0 aliphatic carbocycles. The van der Waals surface area contributed by atoms with Crippen LogP contribution < -0.4 is 10.1 Å². The summed E-state index contributed by atoms with van der Waals surface area (Å²) in [5.41, 5.74) is 1.73. The lowest BCUT2D eigenvalue weighted by Gasteiger charge is -2.06. The Kier molecular flexibility index (Phi) is 5.84. The van der Waals surface area contributed by atoms with Crippen molar-refractivity contribution in [2.45, 2.75) is 25.9 Å². The van der Waals surface area contributed by atoms with E-state index in [1.54, 1.807) is 4.68 Å². The number of ether oxygens (including phenoxy) is 1. The number of nitrogens with zero attached hydrogens (tertiary/aromatic N) is 5. The van der Waals surface area contributed by atoms with Crippen LogP contribution in [0.3, 0.4) is 0 Å². The average molecular weight is 390 g/mol. The molecule has 8 nitrogen and oxygen atoms in total. The second-order valence-corrected chi connectivity index (χ2v) is 7.44. The Labute approximate surface area is 159 Å². The first-order valence-corrected chi connectivity index (χ1v) is 9.75. The number of nitrogens with one attached hydrogen (secondary N) is 1. The van der Waals surface area contributed by atoms with Gasteiger partial charge in [-0.2, -0.15) is 4.68 Å². The molecule has 10 heteroatoms. The first kappa shape index (κ1) is 18.3. The molecule has 0 spiro atoms. The Morgan fingerprint density at radius 1 is 1.31 bits per heavy atom. The number of thiazole rings is 1. The number of aryl methyl sites for hydroxylation is 2. The molecule has 0 saturated carbocycles. The topological polar surface area (TPSA) is 94.8 Å². The number of aromatic nitrogens is 5. The van der Waals surface area contributed by atoms with E-state index in [1.807, 2.05) is 45.0 Å². The van der Waals surface area contributed by atoms with Gasteiger partial charge >= 0.3 is 0 Å². The molecule has 0 radical (unpaired) electrons. The highest BCUT2D eigenvalue weighted by molar-refractivity contribution is 7.99. The monoisotopic (exact) mass is 390 g/mol. The van der Waals surface area contributed by atoms with Crippen LogP contribution in [0.4, 0.5) is 5.13 Å². The first-order chi connectivity index (χ1) is 12.6. The summed E-state index contributed by atoms with van der Waals surface area (Å²) in [5.74, 6) is 0.826. The molecule has 0 aliphatic heterocycles. The van der Waals surface area contributed by atoms with Crippen LogP contribution in [-0.2, 0) is 4.79 Å². The minimum atomic E-state index is -0.148. The van der Waals surface area contributed by atoms with Crippen LogP contribution in [0.2, 0.25) is 0 Å². The lowest BCUT2D eigenvalue weighted by atomic mass is 10.3. The molecule has 0 unspecified atom stereocenters. The second kappa shape index (κ2) is 8.28. The molecular weight excluding hydrogens is 372 g/mol. The van der Waals surface area contributed by atoms with Crippen molar-refractivity contribution in [3.8, 4) is 11.4 Å². The molecule has 2 aromatic heterocycles. The maximum Gasteiger partial charge on any atom is 0.236 e. The van der Waals surface area contributed by atoms with Gasteiger partial charge in [0.05, 0.1) is 23.7 Å². The molecule has 0 aliphatic rings. The van der Waals surface area contributed by atoms with Crippen LogP contribution in [0.1, 0.15) is 17.5 Å². The number of benzene rings is 1. The smallest absolute Gasteiger partial charge is 0.236 e. The molecule has 0 bridgehead atoms. The Morgan fingerprint density at radius 3 is 2.73 bits per heavy atom. The van der Waals surface area contributed by atoms with E-state index >= 15 is 0 Å². The first-order valence-electron chi connectivity index (χ1n) is 7.95. The van der Waals surface area contributed by atoms with Gasteiger partial charge in [-0.15, -0.1) is 16.4 Å². The van der Waals surface area contributed by atoms with E-state index in [4.69, 9.17) is 4.74 Å². The number of carbonyl (C=O) groups is 1. The van der Waals surface area contributed by atoms with Crippen molar-refractivity contribution in [2.24, 2.45) is 0 Å². The molecular formula is C16H18N6O2S2. The van der Waals surface area contributed by atoms with Crippen LogP contribution in [-0.4, -0.2) is 43.5 Å². The lowest BCUT2D eigenvalue weighted by Crippen LogP contribution is -2.14. The highest BCUT2D eigenvalue weighted by Gasteiger charge is 2.13. The third-order valence-electron chi connectivity index (χ3n) is 3.44. The van der Waals surface area contributed by atoms with E-state index in [0.29, 0.717) is 16.9 Å². The van der Waals surface area contributed by atoms with Crippen LogP contribution in [0.25, 0.3) is 5.69 Å². The van der Waals surface area contributed by atoms with Gasteiger partial charge in [0.2, 0.25) is 11.1 Å². The molecule has 26 heavy (non-hydrogen) atoms. The summed E-state index contributed by atoms with van der Waals surface area (Å²) >= 11 is 2.72. The van der Waals surface area contributed by atoms with E-state index in [2.05, 4.69) is 25.8 Å². The summed E-state index contributed by atoms with van der Waals surface area (Å²) in [6, 6.07) is 7.45. The predicted molar refractivity (Wildman–Crippen MR) is 101 cm³/mol. The number of tetrazole rings is 1. The van der Waals surface area contributed by atoms with Crippen LogP contribution in [0, 0.1) is 13.8 Å². The third-order valence-corrected chi connectivity index (χ3v) is 5.35. The maximum absolute atomic E-state index is 12.1. The van der Waals surface area contributed by atoms with Crippen LogP contribution in [0.5, 0.6) is 5.75 Å². The van der Waals surface area contributed by atoms with Gasteiger partial charge in [0.15, 0.2) is 5.13 Å². The van der Waals surface area contributed by atoms with E-state index in [0.717, 1.165) is 22.0 Å². The molecule has 0 atom stereocenters. The van der Waals surface area contributed by atoms with Crippen molar-refractivity contribution < 1.29 is 9.53 Å². The van der Waals surface area contributed by atoms with Gasteiger partial charge in [0.25, 0.3) is 0 Å². The van der Waals surface area contributed by atoms with Crippen molar-refractivity contribution in [1.29, 1.82) is 0 Å². The maximum atomic E-state index is 12.1. The van der Waals surface area contributed by atoms with Gasteiger partial charge in [-0.25, -0.2) is 4.98 Å². The summed E-state index contributed by atoms with van der Waals surface area (Å²) in [5, 5.41) is 15.6. The fourth-order valence-corrected chi connectivity index (χ4v) is 3.61. The molecule has 2 heterocycles. The highest BCUT2D eigenvalue weighted by atomic mass is 32.2. The zero-order valence-electron chi connectivity index (χ0n) is 14.6. The Hall–Kier alpha value is -2.46. The average Bonchev–Trinajstić information content (AvgIpc) is 3.21. The van der Waals surface area contributed by atoms with Gasteiger partial charge < -0.3 is 10.1 Å². The summed E-state index contributed by atoms with van der Waals surface area (Å²) in [6.45, 7) is 6.44. The Morgan fingerprint density at radius 2 is 2.08 bits per heavy atom. The van der Waals surface area contributed by atoms with E-state index < -0.39 is 0 Å². The summed E-state index contributed by atoms with van der Waals surface area (Å²) in [4.78, 5) is 17.5. The largest absolute Gasteiger partial charge is 0.494 e. The molecule has 0 fully saturated rings. The molecule has 3 aromatic rings. The number of amides is 1. The van der Waals surface area contributed by atoms with E-state index in [9.17, 15) is 4.79 Å². The zero-order chi connectivity index (χ0) is 18.5. The van der Waals surface area contributed by atoms with E-state index in [1.165, 1.54) is 23.1 Å². The van der Waals surface area contributed by atoms with Crippen LogP contribution in [0.15, 0.2) is 29.4 Å². The quantitative estimate of drug-likeness (QED) is 0.620. The highest BCUT2D eigenvalue weighted by Crippen LogP contribution is 2.23. The fourth-order valence-electron chi connectivity index (χ4n) is 2.09. The lowest BCUT2D eigenvalue weighted by molar-refractivity contribution is -0.113. The Balaban J connectivity index is 1.62. The van der Waals surface area contributed by atoms with Crippen molar-refractivity contribution in [2.75, 3.05) is 17.7 Å². The standard InChI is InChI=1S/C16H18N6O2S2/c1-4-24-13-7-5-12(6-8-13)22-16(19-20-21-22)25-9-14(23)18-15-17-10(2)11(3)26-15/h5-8H,4,9H2,1-3H3,(H,17,18,23). The Bertz CT molecular complexity index is 871. The van der Waals surface area contributed by atoms with Gasteiger partial charge in [-0.05, 0) is 55.5 Å². The number of thioether (sulfide) groups is 1. The molecule has 1 aromatic carbocycles. The minimum absolute atomic E-state index is 0.148. The summed E-state index contributed by atoms with van der Waals surface area (Å²) < 4.78 is 7.02. The fraction of sp³-hybridized carbons (Fsp3) is 0.312.